The maximum Gasteiger partial charge on any atom is 0.124 e. The summed E-state index contributed by atoms with van der Waals surface area (Å²) in [6, 6.07) is 4.90. The highest BCUT2D eigenvalue weighted by Crippen LogP contribution is 2.29. The van der Waals surface area contributed by atoms with Crippen LogP contribution < -0.4 is 10.5 Å². The molecule has 15 heavy (non-hydrogen) atoms. The molecule has 0 aromatic heterocycles. The quantitative estimate of drug-likeness (QED) is 0.450. The van der Waals surface area contributed by atoms with E-state index in [1.54, 1.807) is 18.2 Å². The molecule has 84 valence electrons. The van der Waals surface area contributed by atoms with E-state index in [2.05, 4.69) is 12.6 Å². The van der Waals surface area contributed by atoms with Gasteiger partial charge < -0.3 is 20.7 Å². The summed E-state index contributed by atoms with van der Waals surface area (Å²) in [7, 11) is 1.49. The lowest BCUT2D eigenvalue weighted by Gasteiger charge is -2.19. The standard InChI is InChI=1S/C10H15NO3S/c1-14-9-3-2-6(11)4-7(9)10(13)8(12)5-15/h2-4,8,10,12-13,15H,5,11H2,1H3. The molecule has 2 atom stereocenters. The predicted molar refractivity (Wildman–Crippen MR) is 62.2 cm³/mol. The Morgan fingerprint density at radius 1 is 1.47 bits per heavy atom. The van der Waals surface area contributed by atoms with Gasteiger partial charge in [0.2, 0.25) is 0 Å². The van der Waals surface area contributed by atoms with Gasteiger partial charge in [-0.2, -0.15) is 12.6 Å². The number of hydrogen-bond donors (Lipinski definition) is 4. The molecule has 0 heterocycles. The first-order valence-corrected chi connectivity index (χ1v) is 5.13. The number of benzene rings is 1. The van der Waals surface area contributed by atoms with E-state index < -0.39 is 12.2 Å². The lowest BCUT2D eigenvalue weighted by atomic mass is 10.0. The van der Waals surface area contributed by atoms with E-state index in [9.17, 15) is 10.2 Å². The average Bonchev–Trinajstić information content (AvgIpc) is 2.27. The van der Waals surface area contributed by atoms with Crippen LogP contribution in [0.1, 0.15) is 11.7 Å². The molecule has 5 heteroatoms. The van der Waals surface area contributed by atoms with E-state index in [0.29, 0.717) is 17.0 Å². The van der Waals surface area contributed by atoms with Crippen molar-refractivity contribution >= 4 is 18.3 Å². The van der Waals surface area contributed by atoms with Crippen LogP contribution >= 0.6 is 12.6 Å². The first-order valence-electron chi connectivity index (χ1n) is 4.50. The molecule has 2 unspecified atom stereocenters. The van der Waals surface area contributed by atoms with Gasteiger partial charge in [0.15, 0.2) is 0 Å². The number of anilines is 1. The van der Waals surface area contributed by atoms with Crippen molar-refractivity contribution in [2.24, 2.45) is 0 Å². The van der Waals surface area contributed by atoms with Gasteiger partial charge in [0.1, 0.15) is 11.9 Å². The number of thiol groups is 1. The third-order valence-electron chi connectivity index (χ3n) is 2.12. The van der Waals surface area contributed by atoms with Gasteiger partial charge in [-0.3, -0.25) is 0 Å². The molecule has 1 rings (SSSR count). The zero-order chi connectivity index (χ0) is 11.4. The van der Waals surface area contributed by atoms with Crippen molar-refractivity contribution in [3.8, 4) is 5.75 Å². The summed E-state index contributed by atoms with van der Waals surface area (Å²) < 4.78 is 5.06. The molecular formula is C10H15NO3S. The molecule has 0 spiro atoms. The number of aliphatic hydroxyl groups is 2. The molecule has 4 N–H and O–H groups in total. The van der Waals surface area contributed by atoms with E-state index in [1.807, 2.05) is 0 Å². The SMILES string of the molecule is COc1ccc(N)cc1C(O)C(O)CS. The summed E-state index contributed by atoms with van der Waals surface area (Å²) in [5.74, 6) is 0.664. The van der Waals surface area contributed by atoms with E-state index in [-0.39, 0.29) is 5.75 Å². The summed E-state index contributed by atoms with van der Waals surface area (Å²) in [5.41, 5.74) is 6.58. The Morgan fingerprint density at radius 2 is 2.13 bits per heavy atom. The van der Waals surface area contributed by atoms with Crippen LogP contribution in [0.25, 0.3) is 0 Å². The number of methoxy groups -OCH3 is 1. The van der Waals surface area contributed by atoms with E-state index >= 15 is 0 Å². The molecule has 1 aromatic carbocycles. The Labute approximate surface area is 94.1 Å². The van der Waals surface area contributed by atoms with Crippen molar-refractivity contribution in [1.82, 2.24) is 0 Å². The van der Waals surface area contributed by atoms with Crippen LogP contribution in [0, 0.1) is 0 Å². The van der Waals surface area contributed by atoms with E-state index in [0.717, 1.165) is 0 Å². The highest BCUT2D eigenvalue weighted by Gasteiger charge is 2.20. The molecule has 0 aliphatic rings. The van der Waals surface area contributed by atoms with Gasteiger partial charge in [-0.05, 0) is 18.2 Å². The molecule has 0 saturated heterocycles. The van der Waals surface area contributed by atoms with Crippen LogP contribution in [0.5, 0.6) is 5.75 Å². The Kier molecular flexibility index (Phi) is 4.26. The second-order valence-electron chi connectivity index (χ2n) is 3.20. The largest absolute Gasteiger partial charge is 0.496 e. The van der Waals surface area contributed by atoms with Gasteiger partial charge in [0.05, 0.1) is 13.2 Å². The fourth-order valence-corrected chi connectivity index (χ4v) is 1.49. The Balaban J connectivity index is 3.05. The third-order valence-corrected chi connectivity index (χ3v) is 2.50. The second-order valence-corrected chi connectivity index (χ2v) is 3.56. The highest BCUT2D eigenvalue weighted by atomic mass is 32.1. The topological polar surface area (TPSA) is 75.7 Å². The molecule has 0 aliphatic carbocycles. The number of hydrogen-bond acceptors (Lipinski definition) is 5. The second kappa shape index (κ2) is 5.25. The summed E-state index contributed by atoms with van der Waals surface area (Å²) in [4.78, 5) is 0. The summed E-state index contributed by atoms with van der Waals surface area (Å²) in [5, 5.41) is 19.3. The molecule has 1 aromatic rings. The zero-order valence-electron chi connectivity index (χ0n) is 8.42. The van der Waals surface area contributed by atoms with Gasteiger partial charge in [0, 0.05) is 17.0 Å². The van der Waals surface area contributed by atoms with E-state index in [1.165, 1.54) is 7.11 Å². The molecule has 4 nitrogen and oxygen atoms in total. The van der Waals surface area contributed by atoms with Crippen molar-refractivity contribution < 1.29 is 14.9 Å². The number of aliphatic hydroxyl groups excluding tert-OH is 2. The van der Waals surface area contributed by atoms with Gasteiger partial charge in [-0.25, -0.2) is 0 Å². The first-order chi connectivity index (χ1) is 7.10. The van der Waals surface area contributed by atoms with Gasteiger partial charge >= 0.3 is 0 Å². The minimum Gasteiger partial charge on any atom is -0.496 e. The number of ether oxygens (including phenoxy) is 1. The molecule has 0 aliphatic heterocycles. The molecule has 0 radical (unpaired) electrons. The van der Waals surface area contributed by atoms with Crippen LogP contribution in [-0.2, 0) is 0 Å². The van der Waals surface area contributed by atoms with Crippen molar-refractivity contribution in [3.05, 3.63) is 23.8 Å². The zero-order valence-corrected chi connectivity index (χ0v) is 9.32. The minimum atomic E-state index is -1.04. The minimum absolute atomic E-state index is 0.166. The monoisotopic (exact) mass is 229 g/mol. The summed E-state index contributed by atoms with van der Waals surface area (Å²) in [6.07, 6.45) is -1.98. The van der Waals surface area contributed by atoms with Crippen molar-refractivity contribution in [1.29, 1.82) is 0 Å². The number of nitrogen functional groups attached to an aromatic ring is 1. The summed E-state index contributed by atoms with van der Waals surface area (Å²) >= 11 is 3.91. The highest BCUT2D eigenvalue weighted by molar-refractivity contribution is 7.80. The Morgan fingerprint density at radius 3 is 2.67 bits per heavy atom. The van der Waals surface area contributed by atoms with Gasteiger partial charge in [-0.1, -0.05) is 0 Å². The van der Waals surface area contributed by atoms with Crippen LogP contribution in [-0.4, -0.2) is 29.2 Å². The maximum absolute atomic E-state index is 9.79. The maximum atomic E-state index is 9.79. The van der Waals surface area contributed by atoms with Gasteiger partial charge in [-0.15, -0.1) is 0 Å². The van der Waals surface area contributed by atoms with Crippen molar-refractivity contribution in [3.63, 3.8) is 0 Å². The van der Waals surface area contributed by atoms with Crippen LogP contribution in [0.15, 0.2) is 18.2 Å². The average molecular weight is 229 g/mol. The third kappa shape index (κ3) is 2.77. The Bertz CT molecular complexity index is 332. The fourth-order valence-electron chi connectivity index (χ4n) is 1.29. The molecule has 0 saturated carbocycles. The molecule has 0 fully saturated rings. The first kappa shape index (κ1) is 12.2. The lowest BCUT2D eigenvalue weighted by molar-refractivity contribution is 0.0323. The van der Waals surface area contributed by atoms with Crippen LogP contribution in [0.4, 0.5) is 5.69 Å². The van der Waals surface area contributed by atoms with E-state index in [4.69, 9.17) is 10.5 Å². The number of rotatable bonds is 4. The normalized spacial score (nSPS) is 14.7. The smallest absolute Gasteiger partial charge is 0.124 e. The molecule has 0 amide bonds. The Hall–Kier alpha value is -0.910. The van der Waals surface area contributed by atoms with Crippen LogP contribution in [0.2, 0.25) is 0 Å². The molecule has 0 bridgehead atoms. The lowest BCUT2D eigenvalue weighted by Crippen LogP contribution is -2.20. The summed E-state index contributed by atoms with van der Waals surface area (Å²) in [6.45, 7) is 0. The fraction of sp³-hybridized carbons (Fsp3) is 0.400. The van der Waals surface area contributed by atoms with Gasteiger partial charge in [0.25, 0.3) is 0 Å². The van der Waals surface area contributed by atoms with Crippen molar-refractivity contribution in [2.75, 3.05) is 18.6 Å². The van der Waals surface area contributed by atoms with Crippen molar-refractivity contribution in [2.45, 2.75) is 12.2 Å². The number of nitrogens with two attached hydrogens (primary N) is 1. The predicted octanol–water partition coefficient (Wildman–Crippen LogP) is 0.601. The molecular weight excluding hydrogens is 214 g/mol. The van der Waals surface area contributed by atoms with Crippen LogP contribution in [0.3, 0.4) is 0 Å².